The van der Waals surface area contributed by atoms with Gasteiger partial charge in [0.25, 0.3) is 0 Å². The molecule has 0 aliphatic heterocycles. The summed E-state index contributed by atoms with van der Waals surface area (Å²) in [6.07, 6.45) is 10.4. The maximum absolute atomic E-state index is 12.2. The first-order valence-electron chi connectivity index (χ1n) is 9.74. The number of aromatic nitrogens is 3. The molecule has 1 fully saturated rings. The molecule has 2 N–H and O–H groups in total. The van der Waals surface area contributed by atoms with Gasteiger partial charge in [-0.25, -0.2) is 4.98 Å². The Hall–Kier alpha value is -3.09. The molecule has 1 saturated carbocycles. The summed E-state index contributed by atoms with van der Waals surface area (Å²) in [6, 6.07) is 8.13. The van der Waals surface area contributed by atoms with Crippen LogP contribution >= 0.6 is 0 Å². The van der Waals surface area contributed by atoms with Crippen LogP contribution in [0.25, 0.3) is 16.9 Å². The number of hydrogen-bond donors (Lipinski definition) is 2. The molecule has 1 aliphatic carbocycles. The van der Waals surface area contributed by atoms with E-state index in [9.17, 15) is 4.79 Å². The van der Waals surface area contributed by atoms with E-state index in [4.69, 9.17) is 9.72 Å². The van der Waals surface area contributed by atoms with E-state index in [2.05, 4.69) is 15.6 Å². The number of nitrogens with zero attached hydrogens (tertiary/aromatic N) is 3. The molecule has 4 rings (SSSR count). The molecule has 0 atom stereocenters. The van der Waals surface area contributed by atoms with Gasteiger partial charge in [0.2, 0.25) is 5.91 Å². The molecule has 3 aromatic rings. The fraction of sp³-hybridized carbons (Fsp3) is 0.381. The Morgan fingerprint density at radius 3 is 2.79 bits per heavy atom. The first-order valence-corrected chi connectivity index (χ1v) is 9.74. The van der Waals surface area contributed by atoms with Crippen molar-refractivity contribution in [1.29, 1.82) is 0 Å². The summed E-state index contributed by atoms with van der Waals surface area (Å²) in [7, 11) is 1.65. The van der Waals surface area contributed by atoms with E-state index < -0.39 is 0 Å². The Morgan fingerprint density at radius 1 is 1.25 bits per heavy atom. The van der Waals surface area contributed by atoms with Crippen molar-refractivity contribution in [2.75, 3.05) is 19.0 Å². The largest absolute Gasteiger partial charge is 0.497 e. The Balaban J connectivity index is 1.50. The zero-order valence-electron chi connectivity index (χ0n) is 16.0. The lowest BCUT2D eigenvalue weighted by atomic mass is 10.1. The summed E-state index contributed by atoms with van der Waals surface area (Å²) in [5, 5.41) is 6.53. The van der Waals surface area contributed by atoms with Crippen molar-refractivity contribution < 1.29 is 9.53 Å². The normalized spacial score (nSPS) is 14.3. The van der Waals surface area contributed by atoms with Gasteiger partial charge in [-0.1, -0.05) is 12.8 Å². The smallest absolute Gasteiger partial charge is 0.221 e. The second-order valence-electron chi connectivity index (χ2n) is 7.07. The molecule has 7 heteroatoms. The molecular weight excluding hydrogens is 354 g/mol. The Morgan fingerprint density at radius 2 is 2.04 bits per heavy atom. The maximum Gasteiger partial charge on any atom is 0.221 e. The van der Waals surface area contributed by atoms with Crippen molar-refractivity contribution in [1.82, 2.24) is 19.7 Å². The van der Waals surface area contributed by atoms with Gasteiger partial charge in [-0.2, -0.15) is 0 Å². The van der Waals surface area contributed by atoms with Crippen LogP contribution < -0.4 is 15.4 Å². The molecule has 28 heavy (non-hydrogen) atoms. The van der Waals surface area contributed by atoms with Crippen molar-refractivity contribution in [2.45, 2.75) is 38.1 Å². The average molecular weight is 379 g/mol. The number of carbonyl (C=O) groups excluding carboxylic acids is 1. The van der Waals surface area contributed by atoms with Gasteiger partial charge in [-0.3, -0.25) is 14.2 Å². The first-order chi connectivity index (χ1) is 13.7. The highest BCUT2D eigenvalue weighted by molar-refractivity contribution is 5.79. The molecule has 2 heterocycles. The molecule has 0 spiro atoms. The van der Waals surface area contributed by atoms with Crippen LogP contribution in [0.15, 0.2) is 42.9 Å². The summed E-state index contributed by atoms with van der Waals surface area (Å²) in [6.45, 7) is 0.540. The minimum absolute atomic E-state index is 0.0980. The predicted octanol–water partition coefficient (Wildman–Crippen LogP) is 3.27. The molecule has 7 nitrogen and oxygen atoms in total. The highest BCUT2D eigenvalue weighted by atomic mass is 16.5. The average Bonchev–Trinajstić information content (AvgIpc) is 3.36. The number of fused-ring (bicyclic) bond motifs is 1. The summed E-state index contributed by atoms with van der Waals surface area (Å²) in [5.41, 5.74) is 2.56. The molecule has 0 unspecified atom stereocenters. The van der Waals surface area contributed by atoms with Crippen LogP contribution in [0.3, 0.4) is 0 Å². The highest BCUT2D eigenvalue weighted by Crippen LogP contribution is 2.29. The van der Waals surface area contributed by atoms with E-state index in [1.165, 1.54) is 12.8 Å². The monoisotopic (exact) mass is 379 g/mol. The first kappa shape index (κ1) is 18.3. The Bertz CT molecular complexity index is 945. The lowest BCUT2D eigenvalue weighted by Gasteiger charge is -2.13. The van der Waals surface area contributed by atoms with E-state index in [1.54, 1.807) is 19.5 Å². The molecule has 146 valence electrons. The zero-order chi connectivity index (χ0) is 19.3. The molecule has 1 aliphatic rings. The summed E-state index contributed by atoms with van der Waals surface area (Å²) in [5.74, 6) is 1.75. The molecule has 0 radical (unpaired) electrons. The minimum atomic E-state index is 0.0980. The van der Waals surface area contributed by atoms with Crippen LogP contribution in [0.1, 0.15) is 32.1 Å². The van der Waals surface area contributed by atoms with Gasteiger partial charge in [0.15, 0.2) is 5.65 Å². The maximum atomic E-state index is 12.2. The van der Waals surface area contributed by atoms with Crippen molar-refractivity contribution in [2.24, 2.45) is 0 Å². The Kier molecular flexibility index (Phi) is 5.41. The number of anilines is 1. The number of nitrogens with one attached hydrogen (secondary N) is 2. The third kappa shape index (κ3) is 3.93. The summed E-state index contributed by atoms with van der Waals surface area (Å²) >= 11 is 0. The van der Waals surface area contributed by atoms with Gasteiger partial charge >= 0.3 is 0 Å². The highest BCUT2D eigenvalue weighted by Gasteiger charge is 2.18. The van der Waals surface area contributed by atoms with E-state index in [0.717, 1.165) is 41.3 Å². The second-order valence-corrected chi connectivity index (χ2v) is 7.07. The van der Waals surface area contributed by atoms with Crippen LogP contribution in [-0.2, 0) is 4.79 Å². The fourth-order valence-electron chi connectivity index (χ4n) is 3.69. The van der Waals surface area contributed by atoms with Crippen LogP contribution in [-0.4, -0.2) is 40.0 Å². The van der Waals surface area contributed by atoms with E-state index >= 15 is 0 Å². The minimum Gasteiger partial charge on any atom is -0.497 e. The van der Waals surface area contributed by atoms with Crippen molar-refractivity contribution in [3.63, 3.8) is 0 Å². The number of benzene rings is 1. The third-order valence-electron chi connectivity index (χ3n) is 5.16. The van der Waals surface area contributed by atoms with E-state index in [1.807, 2.05) is 34.9 Å². The van der Waals surface area contributed by atoms with E-state index in [0.29, 0.717) is 19.0 Å². The second kappa shape index (κ2) is 8.29. The number of methoxy groups -OCH3 is 1. The van der Waals surface area contributed by atoms with Gasteiger partial charge in [0.1, 0.15) is 17.3 Å². The lowest BCUT2D eigenvalue weighted by Crippen LogP contribution is -2.33. The predicted molar refractivity (Wildman–Crippen MR) is 108 cm³/mol. The molecule has 0 saturated heterocycles. The number of ether oxygens (including phenoxy) is 1. The number of rotatable bonds is 7. The number of amides is 1. The number of carbonyl (C=O) groups is 1. The van der Waals surface area contributed by atoms with Gasteiger partial charge in [0, 0.05) is 37.0 Å². The van der Waals surface area contributed by atoms with Crippen molar-refractivity contribution in [3.05, 3.63) is 42.9 Å². The Labute approximate surface area is 164 Å². The van der Waals surface area contributed by atoms with Gasteiger partial charge in [-0.15, -0.1) is 0 Å². The van der Waals surface area contributed by atoms with Crippen molar-refractivity contribution in [3.8, 4) is 17.0 Å². The molecule has 0 bridgehead atoms. The van der Waals surface area contributed by atoms with Crippen LogP contribution in [0.5, 0.6) is 5.75 Å². The van der Waals surface area contributed by atoms with Gasteiger partial charge in [-0.05, 0) is 37.1 Å². The molecule has 2 aromatic heterocycles. The SMILES string of the molecule is COc1ccc(-c2nc3cnccn3c2NCCC(=O)NC2CCCC2)cc1. The summed E-state index contributed by atoms with van der Waals surface area (Å²) < 4.78 is 7.20. The standard InChI is InChI=1S/C21H25N5O2/c1-28-17-8-6-15(7-9-17)20-21(26-13-12-22-14-18(26)25-20)23-11-10-19(27)24-16-4-2-3-5-16/h6-9,12-14,16,23H,2-5,10-11H2,1H3,(H,24,27). The molecule has 1 aromatic carbocycles. The molecular formula is C21H25N5O2. The van der Waals surface area contributed by atoms with Gasteiger partial charge in [0.05, 0.1) is 13.3 Å². The third-order valence-corrected chi connectivity index (χ3v) is 5.16. The lowest BCUT2D eigenvalue weighted by molar-refractivity contribution is -0.121. The topological polar surface area (TPSA) is 80.6 Å². The fourth-order valence-corrected chi connectivity index (χ4v) is 3.69. The van der Waals surface area contributed by atoms with Gasteiger partial charge < -0.3 is 15.4 Å². The van der Waals surface area contributed by atoms with Crippen molar-refractivity contribution >= 4 is 17.4 Å². The van der Waals surface area contributed by atoms with Crippen LogP contribution in [0, 0.1) is 0 Å². The quantitative estimate of drug-likeness (QED) is 0.659. The molecule has 1 amide bonds. The zero-order valence-corrected chi connectivity index (χ0v) is 16.0. The summed E-state index contributed by atoms with van der Waals surface area (Å²) in [4.78, 5) is 21.1. The number of imidazole rings is 1. The van der Waals surface area contributed by atoms with E-state index in [-0.39, 0.29) is 5.91 Å². The van der Waals surface area contributed by atoms with Crippen LogP contribution in [0.4, 0.5) is 5.82 Å². The number of hydrogen-bond acceptors (Lipinski definition) is 5. The van der Waals surface area contributed by atoms with Crippen LogP contribution in [0.2, 0.25) is 0 Å².